The Labute approximate surface area is 88.8 Å². The minimum atomic E-state index is -0.488. The third-order valence-corrected chi connectivity index (χ3v) is 1.85. The molecule has 0 saturated carbocycles. The second-order valence-corrected chi connectivity index (χ2v) is 3.59. The van der Waals surface area contributed by atoms with Crippen LogP contribution in [0.1, 0.15) is 18.6 Å². The summed E-state index contributed by atoms with van der Waals surface area (Å²) in [5.74, 6) is 0.685. The second-order valence-electron chi connectivity index (χ2n) is 3.05. The number of aliphatic hydroxyl groups excluding tert-OH is 1. The van der Waals surface area contributed by atoms with Crippen molar-refractivity contribution in [1.82, 2.24) is 0 Å². The molecule has 0 aliphatic carbocycles. The third kappa shape index (κ3) is 3.40. The van der Waals surface area contributed by atoms with Gasteiger partial charge in [-0.2, -0.15) is 0 Å². The van der Waals surface area contributed by atoms with Crippen LogP contribution in [0.15, 0.2) is 35.9 Å². The molecule has 0 aromatic heterocycles. The molecule has 1 atom stereocenters. The summed E-state index contributed by atoms with van der Waals surface area (Å²) in [5, 5.41) is 9.78. The van der Waals surface area contributed by atoms with E-state index in [-0.39, 0.29) is 6.61 Å². The monoisotopic (exact) mass is 212 g/mol. The van der Waals surface area contributed by atoms with E-state index in [2.05, 4.69) is 6.58 Å². The van der Waals surface area contributed by atoms with E-state index in [4.69, 9.17) is 16.3 Å². The Balaban J connectivity index is 2.68. The summed E-state index contributed by atoms with van der Waals surface area (Å²) in [4.78, 5) is 0. The van der Waals surface area contributed by atoms with Crippen LogP contribution in [0.4, 0.5) is 0 Å². The maximum Gasteiger partial charge on any atom is 0.123 e. The molecule has 1 unspecified atom stereocenters. The smallest absolute Gasteiger partial charge is 0.123 e. The molecule has 1 aromatic rings. The molecule has 0 fully saturated rings. The van der Waals surface area contributed by atoms with Crippen molar-refractivity contribution >= 4 is 11.6 Å². The molecule has 0 bridgehead atoms. The average molecular weight is 213 g/mol. The summed E-state index contributed by atoms with van der Waals surface area (Å²) < 4.78 is 5.32. The molecular formula is C11H13ClO2. The highest BCUT2D eigenvalue weighted by atomic mass is 35.5. The molecule has 3 heteroatoms. The van der Waals surface area contributed by atoms with Gasteiger partial charge in [-0.1, -0.05) is 30.3 Å². The molecule has 76 valence electrons. The van der Waals surface area contributed by atoms with Crippen LogP contribution in [0.25, 0.3) is 0 Å². The lowest BCUT2D eigenvalue weighted by Gasteiger charge is -2.08. The lowest BCUT2D eigenvalue weighted by molar-refractivity contribution is 0.198. The van der Waals surface area contributed by atoms with Gasteiger partial charge in [0, 0.05) is 5.03 Å². The van der Waals surface area contributed by atoms with E-state index < -0.39 is 6.10 Å². The molecule has 0 saturated heterocycles. The van der Waals surface area contributed by atoms with Crippen LogP contribution < -0.4 is 4.74 Å². The fourth-order valence-electron chi connectivity index (χ4n) is 1.03. The van der Waals surface area contributed by atoms with E-state index in [0.29, 0.717) is 10.8 Å². The molecule has 1 aromatic carbocycles. The fraction of sp³-hybridized carbons (Fsp3) is 0.273. The predicted octanol–water partition coefficient (Wildman–Crippen LogP) is 2.87. The molecule has 1 rings (SSSR count). The zero-order valence-corrected chi connectivity index (χ0v) is 8.79. The van der Waals surface area contributed by atoms with Crippen LogP contribution in [0.2, 0.25) is 0 Å². The minimum absolute atomic E-state index is 0.283. The van der Waals surface area contributed by atoms with Crippen LogP contribution in [0.5, 0.6) is 5.75 Å². The summed E-state index contributed by atoms with van der Waals surface area (Å²) >= 11 is 5.56. The number of rotatable bonds is 4. The number of benzene rings is 1. The highest BCUT2D eigenvalue weighted by Gasteiger charge is 2.02. The first-order valence-electron chi connectivity index (χ1n) is 4.33. The molecule has 0 aliphatic heterocycles. The maximum absolute atomic E-state index is 9.33. The van der Waals surface area contributed by atoms with E-state index in [1.807, 2.05) is 18.2 Å². The van der Waals surface area contributed by atoms with Gasteiger partial charge in [0.2, 0.25) is 0 Å². The van der Waals surface area contributed by atoms with Crippen LogP contribution in [-0.4, -0.2) is 11.7 Å². The summed E-state index contributed by atoms with van der Waals surface area (Å²) in [6, 6.07) is 7.26. The highest BCUT2D eigenvalue weighted by molar-refractivity contribution is 6.29. The first kappa shape index (κ1) is 11.1. The topological polar surface area (TPSA) is 29.5 Å². The molecule has 14 heavy (non-hydrogen) atoms. The van der Waals surface area contributed by atoms with Gasteiger partial charge in [-0.25, -0.2) is 0 Å². The lowest BCUT2D eigenvalue weighted by atomic mass is 10.1. The molecule has 0 aliphatic rings. The summed E-state index contributed by atoms with van der Waals surface area (Å²) in [6.07, 6.45) is -0.488. The normalized spacial score (nSPS) is 12.2. The Kier molecular flexibility index (Phi) is 3.98. The molecule has 0 heterocycles. The van der Waals surface area contributed by atoms with Gasteiger partial charge >= 0.3 is 0 Å². The van der Waals surface area contributed by atoms with Gasteiger partial charge in [-0.3, -0.25) is 0 Å². The third-order valence-electron chi connectivity index (χ3n) is 1.74. The van der Waals surface area contributed by atoms with Crippen LogP contribution >= 0.6 is 11.6 Å². The predicted molar refractivity (Wildman–Crippen MR) is 57.6 cm³/mol. The van der Waals surface area contributed by atoms with Crippen molar-refractivity contribution in [3.63, 3.8) is 0 Å². The van der Waals surface area contributed by atoms with E-state index in [1.54, 1.807) is 13.0 Å². The zero-order chi connectivity index (χ0) is 10.6. The largest absolute Gasteiger partial charge is 0.488 e. The quantitative estimate of drug-likeness (QED) is 0.832. The lowest BCUT2D eigenvalue weighted by Crippen LogP contribution is -1.97. The number of hydrogen-bond acceptors (Lipinski definition) is 2. The molecule has 1 N–H and O–H groups in total. The first-order valence-corrected chi connectivity index (χ1v) is 4.71. The van der Waals surface area contributed by atoms with Crippen LogP contribution in [0, 0.1) is 0 Å². The van der Waals surface area contributed by atoms with E-state index >= 15 is 0 Å². The number of halogens is 1. The molecule has 2 nitrogen and oxygen atoms in total. The van der Waals surface area contributed by atoms with Crippen molar-refractivity contribution in [3.05, 3.63) is 41.4 Å². The van der Waals surface area contributed by atoms with Crippen molar-refractivity contribution in [2.24, 2.45) is 0 Å². The zero-order valence-electron chi connectivity index (χ0n) is 8.03. The Morgan fingerprint density at radius 3 is 2.93 bits per heavy atom. The summed E-state index contributed by atoms with van der Waals surface area (Å²) in [5.41, 5.74) is 0.822. The Morgan fingerprint density at radius 2 is 2.36 bits per heavy atom. The van der Waals surface area contributed by atoms with Gasteiger partial charge in [0.1, 0.15) is 12.4 Å². The minimum Gasteiger partial charge on any atom is -0.488 e. The number of aliphatic hydroxyl groups is 1. The average Bonchev–Trinajstić information content (AvgIpc) is 2.15. The van der Waals surface area contributed by atoms with Crippen molar-refractivity contribution in [2.75, 3.05) is 6.61 Å². The van der Waals surface area contributed by atoms with Crippen LogP contribution in [0.3, 0.4) is 0 Å². The molecule has 0 amide bonds. The fourth-order valence-corrected chi connectivity index (χ4v) is 1.08. The summed E-state index contributed by atoms with van der Waals surface area (Å²) in [6.45, 7) is 5.51. The second kappa shape index (κ2) is 5.03. The van der Waals surface area contributed by atoms with Gasteiger partial charge in [-0.05, 0) is 24.6 Å². The Morgan fingerprint density at radius 1 is 1.64 bits per heavy atom. The van der Waals surface area contributed by atoms with E-state index in [0.717, 1.165) is 5.56 Å². The van der Waals surface area contributed by atoms with Gasteiger partial charge in [0.25, 0.3) is 0 Å². The van der Waals surface area contributed by atoms with Gasteiger partial charge in [0.05, 0.1) is 6.10 Å². The van der Waals surface area contributed by atoms with E-state index in [1.165, 1.54) is 0 Å². The highest BCUT2D eigenvalue weighted by Crippen LogP contribution is 2.19. The van der Waals surface area contributed by atoms with Crippen molar-refractivity contribution < 1.29 is 9.84 Å². The number of hydrogen-bond donors (Lipinski definition) is 1. The van der Waals surface area contributed by atoms with E-state index in [9.17, 15) is 5.11 Å². The molecule has 0 radical (unpaired) electrons. The molecular weight excluding hydrogens is 200 g/mol. The van der Waals surface area contributed by atoms with Crippen molar-refractivity contribution in [2.45, 2.75) is 13.0 Å². The maximum atomic E-state index is 9.33. The van der Waals surface area contributed by atoms with Crippen molar-refractivity contribution in [3.8, 4) is 5.75 Å². The summed E-state index contributed by atoms with van der Waals surface area (Å²) in [7, 11) is 0. The van der Waals surface area contributed by atoms with Gasteiger partial charge in [0.15, 0.2) is 0 Å². The first-order chi connectivity index (χ1) is 6.59. The Hall–Kier alpha value is -0.990. The SMILES string of the molecule is C=C(Cl)COc1cccc(C(C)O)c1. The Bertz CT molecular complexity index is 321. The van der Waals surface area contributed by atoms with Crippen LogP contribution in [-0.2, 0) is 0 Å². The standard InChI is InChI=1S/C11H13ClO2/c1-8(12)7-14-11-5-3-4-10(6-11)9(2)13/h3-6,9,13H,1,7H2,2H3. The number of ether oxygens (including phenoxy) is 1. The van der Waals surface area contributed by atoms with Crippen molar-refractivity contribution in [1.29, 1.82) is 0 Å². The van der Waals surface area contributed by atoms with Gasteiger partial charge < -0.3 is 9.84 Å². The molecule has 0 spiro atoms. The van der Waals surface area contributed by atoms with Gasteiger partial charge in [-0.15, -0.1) is 0 Å².